The SMILES string of the molecule is CCC[C@@H](c1nc2ccc(Br)cc2c(=O)n1CC)[C@@H]1CCC[C@@H](C)C1.CCC[C@@H](c1nc2ccc(Br)cc2c(=O)n1CC)[C@H]1CCC[C@@H](C)C1.CCC[C@H](c1nc2ccc(Br)cc2c(=O)n1CC)[C@@H]1CCC[C@@H](C)C1.CCC[C@H](c1nc2ccc(Br)cc2c(=O)n1CC)[C@H]1CCC[C@@H](C)C1. The van der Waals surface area contributed by atoms with Gasteiger partial charge in [-0.3, -0.25) is 37.4 Å². The molecule has 4 fully saturated rings. The number of nitrogens with zero attached hydrogens (tertiary/aromatic N) is 8. The van der Waals surface area contributed by atoms with Crippen molar-refractivity contribution in [2.45, 2.75) is 287 Å². The first-order valence-electron chi connectivity index (χ1n) is 39.0. The van der Waals surface area contributed by atoms with Crippen LogP contribution in [0.5, 0.6) is 0 Å². The molecule has 12 atom stereocenters. The van der Waals surface area contributed by atoms with Crippen molar-refractivity contribution in [1.29, 1.82) is 0 Å². The summed E-state index contributed by atoms with van der Waals surface area (Å²) in [7, 11) is 0. The van der Waals surface area contributed by atoms with Crippen LogP contribution in [0.15, 0.2) is 110 Å². The van der Waals surface area contributed by atoms with Crippen molar-refractivity contribution >= 4 is 107 Å². The zero-order valence-corrected chi connectivity index (χ0v) is 68.7. The lowest BCUT2D eigenvalue weighted by Crippen LogP contribution is -2.30. The molecule has 8 aromatic rings. The average Bonchev–Trinajstić information content (AvgIpc) is 0.792. The van der Waals surface area contributed by atoms with Gasteiger partial charge in [0.15, 0.2) is 0 Å². The van der Waals surface area contributed by atoms with Crippen molar-refractivity contribution in [3.63, 3.8) is 0 Å². The number of hydrogen-bond acceptors (Lipinski definition) is 8. The minimum absolute atomic E-state index is 0.105. The van der Waals surface area contributed by atoms with Gasteiger partial charge >= 0.3 is 0 Å². The highest BCUT2D eigenvalue weighted by atomic mass is 79.9. The van der Waals surface area contributed by atoms with E-state index in [9.17, 15) is 19.2 Å². The maximum absolute atomic E-state index is 13.1. The maximum atomic E-state index is 13.1. The van der Waals surface area contributed by atoms with Gasteiger partial charge in [-0.25, -0.2) is 19.9 Å². The van der Waals surface area contributed by atoms with E-state index in [-0.39, 0.29) is 22.2 Å². The number of rotatable bonds is 20. The molecule has 544 valence electrons. The molecule has 4 aromatic carbocycles. The van der Waals surface area contributed by atoms with Gasteiger partial charge in [-0.1, -0.05) is 196 Å². The molecule has 100 heavy (non-hydrogen) atoms. The van der Waals surface area contributed by atoms with Gasteiger partial charge in [0.2, 0.25) is 0 Å². The Morgan fingerprint density at radius 3 is 0.700 bits per heavy atom. The van der Waals surface area contributed by atoms with E-state index in [0.717, 1.165) is 138 Å². The fourth-order valence-corrected chi connectivity index (χ4v) is 19.6. The van der Waals surface area contributed by atoms with Gasteiger partial charge in [-0.2, -0.15) is 0 Å². The largest absolute Gasteiger partial charge is 0.296 e. The van der Waals surface area contributed by atoms with Crippen LogP contribution in [0.2, 0.25) is 0 Å². The summed E-state index contributed by atoms with van der Waals surface area (Å²) in [5, 5.41) is 2.86. The normalized spacial score (nSPS) is 22.2. The van der Waals surface area contributed by atoms with Crippen molar-refractivity contribution < 1.29 is 0 Å². The summed E-state index contributed by atoms with van der Waals surface area (Å²) in [6.07, 6.45) is 29.7. The number of halogens is 4. The van der Waals surface area contributed by atoms with Crippen molar-refractivity contribution in [3.8, 4) is 0 Å². The molecule has 4 saturated carbocycles. The summed E-state index contributed by atoms with van der Waals surface area (Å²) >= 11 is 13.9. The topological polar surface area (TPSA) is 140 Å². The Morgan fingerprint density at radius 2 is 0.530 bits per heavy atom. The van der Waals surface area contributed by atoms with E-state index in [2.05, 4.69) is 147 Å². The summed E-state index contributed by atoms with van der Waals surface area (Å²) in [4.78, 5) is 72.4. The highest BCUT2D eigenvalue weighted by Crippen LogP contribution is 2.45. The summed E-state index contributed by atoms with van der Waals surface area (Å²) in [5.41, 5.74) is 3.75. The van der Waals surface area contributed by atoms with Crippen LogP contribution >= 0.6 is 63.7 Å². The number of aromatic nitrogens is 8. The molecule has 4 aromatic heterocycles. The second-order valence-corrected chi connectivity index (χ2v) is 34.1. The van der Waals surface area contributed by atoms with E-state index in [1.54, 1.807) is 0 Å². The van der Waals surface area contributed by atoms with Crippen LogP contribution < -0.4 is 22.2 Å². The highest BCUT2D eigenvalue weighted by molar-refractivity contribution is 9.11. The number of hydrogen-bond donors (Lipinski definition) is 0. The molecule has 0 spiro atoms. The Bertz CT molecular complexity index is 3730. The Balaban J connectivity index is 0.000000156. The second kappa shape index (κ2) is 37.9. The summed E-state index contributed by atoms with van der Waals surface area (Å²) in [5.74, 6) is 11.4. The van der Waals surface area contributed by atoms with E-state index in [1.807, 2.05) is 91.1 Å². The zero-order chi connectivity index (χ0) is 71.9. The smallest absolute Gasteiger partial charge is 0.261 e. The monoisotopic (exact) mass is 1620 g/mol. The Hall–Kier alpha value is -4.64. The van der Waals surface area contributed by atoms with Crippen molar-refractivity contribution in [1.82, 2.24) is 38.2 Å². The van der Waals surface area contributed by atoms with E-state index < -0.39 is 0 Å². The molecule has 12 nitrogen and oxygen atoms in total. The molecule has 0 unspecified atom stereocenters. The van der Waals surface area contributed by atoms with Crippen LogP contribution in [0.3, 0.4) is 0 Å². The fourth-order valence-electron chi connectivity index (χ4n) is 18.1. The third-order valence-electron chi connectivity index (χ3n) is 23.0. The average molecular weight is 1620 g/mol. The summed E-state index contributed by atoms with van der Waals surface area (Å²) < 4.78 is 11.4. The lowest BCUT2D eigenvalue weighted by atomic mass is 9.74. The molecule has 4 aliphatic carbocycles. The molecule has 0 bridgehead atoms. The molecular formula is C84H116Br4N8O4. The lowest BCUT2D eigenvalue weighted by Gasteiger charge is -2.34. The molecule has 12 rings (SSSR count). The van der Waals surface area contributed by atoms with Crippen molar-refractivity contribution in [2.24, 2.45) is 47.3 Å². The molecule has 4 heterocycles. The zero-order valence-electron chi connectivity index (χ0n) is 62.4. The summed E-state index contributed by atoms with van der Waals surface area (Å²) in [6.45, 7) is 29.4. The fraction of sp³-hybridized carbons (Fsp3) is 0.619. The van der Waals surface area contributed by atoms with Crippen molar-refractivity contribution in [3.05, 3.63) is 155 Å². The third-order valence-corrected chi connectivity index (χ3v) is 24.9. The predicted octanol–water partition coefficient (Wildman–Crippen LogP) is 23.6. The molecule has 0 saturated heterocycles. The van der Waals surface area contributed by atoms with Crippen LogP contribution in [-0.4, -0.2) is 38.2 Å². The third kappa shape index (κ3) is 19.3. The molecule has 0 N–H and O–H groups in total. The number of benzene rings is 4. The molecule has 4 aliphatic rings. The Kier molecular flexibility index (Phi) is 30.1. The van der Waals surface area contributed by atoms with Crippen molar-refractivity contribution in [2.75, 3.05) is 0 Å². The standard InChI is InChI=1S/4C21H29BrN2O/c4*1-4-7-17(15-9-6-8-14(3)12-15)20-23-19-11-10-16(22)13-18(19)21(25)24(20)5-2/h4*10-11,13-15,17H,4-9,12H2,1-3H3/t14-,15+,17+;14-,15+,17-;14-,15-,17+;14-,15-,17-/m1111/s1. The Labute approximate surface area is 630 Å². The van der Waals surface area contributed by atoms with Gasteiger partial charge in [0.25, 0.3) is 22.2 Å². The van der Waals surface area contributed by atoms with Gasteiger partial charge in [0.1, 0.15) is 23.3 Å². The van der Waals surface area contributed by atoms with E-state index in [0.29, 0.717) is 95.1 Å². The summed E-state index contributed by atoms with van der Waals surface area (Å²) in [6, 6.07) is 23.4. The van der Waals surface area contributed by atoms with Crippen LogP contribution in [-0.2, 0) is 26.2 Å². The minimum Gasteiger partial charge on any atom is -0.296 e. The number of fused-ring (bicyclic) bond motifs is 4. The predicted molar refractivity (Wildman–Crippen MR) is 433 cm³/mol. The van der Waals surface area contributed by atoms with Gasteiger partial charge in [0, 0.05) is 67.7 Å². The van der Waals surface area contributed by atoms with E-state index in [4.69, 9.17) is 19.9 Å². The van der Waals surface area contributed by atoms with Gasteiger partial charge in [-0.05, 0) is 225 Å². The second-order valence-electron chi connectivity index (χ2n) is 30.4. The molecular weight excluding hydrogens is 1500 g/mol. The lowest BCUT2D eigenvalue weighted by molar-refractivity contribution is 0.229. The first-order valence-corrected chi connectivity index (χ1v) is 42.2. The van der Waals surface area contributed by atoms with Crippen LogP contribution in [0.4, 0.5) is 0 Å². The van der Waals surface area contributed by atoms with Gasteiger partial charge in [-0.15, -0.1) is 0 Å². The molecule has 0 aliphatic heterocycles. The van der Waals surface area contributed by atoms with Gasteiger partial charge in [0.05, 0.1) is 43.6 Å². The Morgan fingerprint density at radius 1 is 0.330 bits per heavy atom. The van der Waals surface area contributed by atoms with Crippen LogP contribution in [0, 0.1) is 47.3 Å². The van der Waals surface area contributed by atoms with Crippen LogP contribution in [0.25, 0.3) is 43.6 Å². The molecule has 0 radical (unpaired) electrons. The maximum Gasteiger partial charge on any atom is 0.261 e. The van der Waals surface area contributed by atoms with E-state index in [1.165, 1.54) is 103 Å². The first kappa shape index (κ1) is 79.5. The first-order chi connectivity index (χ1) is 48.2. The minimum atomic E-state index is 0.105. The van der Waals surface area contributed by atoms with Gasteiger partial charge < -0.3 is 0 Å². The highest BCUT2D eigenvalue weighted by Gasteiger charge is 2.35. The van der Waals surface area contributed by atoms with Crippen LogP contribution in [0.1, 0.15) is 284 Å². The molecule has 16 heteroatoms. The molecule has 0 amide bonds. The quantitative estimate of drug-likeness (QED) is 0.0735. The van der Waals surface area contributed by atoms with E-state index >= 15 is 0 Å².